The van der Waals surface area contributed by atoms with E-state index < -0.39 is 0 Å². The molecule has 3 heterocycles. The molecule has 1 aromatic heterocycles. The predicted octanol–water partition coefficient (Wildman–Crippen LogP) is 3.40. The van der Waals surface area contributed by atoms with Crippen LogP contribution in [0.15, 0.2) is 77.8 Å². The molecule has 160 valence electrons. The van der Waals surface area contributed by atoms with Crippen LogP contribution in [0.2, 0.25) is 0 Å². The van der Waals surface area contributed by atoms with Crippen molar-refractivity contribution in [2.45, 2.75) is 6.42 Å². The SMILES string of the molecule is O=C(CN1CCN(C(=O)c2cccc(C3=Nc4ccccc4C3)n2)CC1)c1ccccc1. The van der Waals surface area contributed by atoms with E-state index in [9.17, 15) is 9.59 Å². The van der Waals surface area contributed by atoms with Crippen LogP contribution >= 0.6 is 0 Å². The van der Waals surface area contributed by atoms with Crippen molar-refractivity contribution in [3.8, 4) is 0 Å². The minimum atomic E-state index is -0.0722. The number of para-hydroxylation sites is 1. The van der Waals surface area contributed by atoms with Gasteiger partial charge in [-0.05, 0) is 23.8 Å². The van der Waals surface area contributed by atoms with Crippen LogP contribution in [0.5, 0.6) is 0 Å². The van der Waals surface area contributed by atoms with E-state index in [2.05, 4.69) is 20.9 Å². The van der Waals surface area contributed by atoms with Crippen molar-refractivity contribution >= 4 is 23.1 Å². The molecule has 0 saturated carbocycles. The molecule has 1 saturated heterocycles. The molecule has 0 bridgehead atoms. The summed E-state index contributed by atoms with van der Waals surface area (Å²) < 4.78 is 0. The zero-order chi connectivity index (χ0) is 21.9. The number of Topliss-reactive ketones (excluding diaryl/α,β-unsaturated/α-hetero) is 1. The zero-order valence-electron chi connectivity index (χ0n) is 17.8. The highest BCUT2D eigenvalue weighted by atomic mass is 16.2. The number of carbonyl (C=O) groups is 2. The number of hydrogen-bond acceptors (Lipinski definition) is 5. The first-order valence-corrected chi connectivity index (χ1v) is 10.9. The monoisotopic (exact) mass is 424 g/mol. The van der Waals surface area contributed by atoms with Gasteiger partial charge in [0.2, 0.25) is 0 Å². The van der Waals surface area contributed by atoms with Crippen LogP contribution in [-0.4, -0.2) is 64.9 Å². The maximum Gasteiger partial charge on any atom is 0.272 e. The van der Waals surface area contributed by atoms with Gasteiger partial charge in [0.1, 0.15) is 5.69 Å². The van der Waals surface area contributed by atoms with Gasteiger partial charge in [0.25, 0.3) is 5.91 Å². The largest absolute Gasteiger partial charge is 0.335 e. The van der Waals surface area contributed by atoms with E-state index in [-0.39, 0.29) is 11.7 Å². The van der Waals surface area contributed by atoms with Crippen LogP contribution in [0, 0.1) is 0 Å². The Morgan fingerprint density at radius 2 is 1.56 bits per heavy atom. The third-order valence-electron chi connectivity index (χ3n) is 5.99. The average Bonchev–Trinajstić information content (AvgIpc) is 3.29. The summed E-state index contributed by atoms with van der Waals surface area (Å²) in [6, 6.07) is 22.9. The topological polar surface area (TPSA) is 65.9 Å². The molecule has 0 atom stereocenters. The molecule has 0 unspecified atom stereocenters. The predicted molar refractivity (Wildman–Crippen MR) is 124 cm³/mol. The Labute approximate surface area is 187 Å². The van der Waals surface area contributed by atoms with E-state index >= 15 is 0 Å². The smallest absolute Gasteiger partial charge is 0.272 e. The van der Waals surface area contributed by atoms with E-state index in [0.717, 1.165) is 29.1 Å². The Balaban J connectivity index is 1.21. The number of aromatic nitrogens is 1. The lowest BCUT2D eigenvalue weighted by molar-refractivity contribution is 0.0619. The lowest BCUT2D eigenvalue weighted by Crippen LogP contribution is -2.50. The first kappa shape index (κ1) is 20.3. The number of benzene rings is 2. The van der Waals surface area contributed by atoms with E-state index in [1.807, 2.05) is 65.6 Å². The molecule has 2 aliphatic heterocycles. The van der Waals surface area contributed by atoms with Crippen LogP contribution in [0.3, 0.4) is 0 Å². The number of hydrogen-bond donors (Lipinski definition) is 0. The van der Waals surface area contributed by atoms with Crippen molar-refractivity contribution in [2.75, 3.05) is 32.7 Å². The molecule has 5 rings (SSSR count). The number of pyridine rings is 1. The van der Waals surface area contributed by atoms with Crippen LogP contribution in [0.25, 0.3) is 0 Å². The van der Waals surface area contributed by atoms with Crippen molar-refractivity contribution in [3.63, 3.8) is 0 Å². The minimum absolute atomic E-state index is 0.0722. The van der Waals surface area contributed by atoms with Crippen molar-refractivity contribution in [1.82, 2.24) is 14.8 Å². The Bertz CT molecular complexity index is 1180. The fourth-order valence-corrected chi connectivity index (χ4v) is 4.19. The Hall–Kier alpha value is -3.64. The molecular formula is C26H24N4O2. The van der Waals surface area contributed by atoms with Crippen molar-refractivity contribution < 1.29 is 9.59 Å². The molecule has 2 aliphatic rings. The number of rotatable bonds is 5. The van der Waals surface area contributed by atoms with Crippen LogP contribution in [-0.2, 0) is 6.42 Å². The summed E-state index contributed by atoms with van der Waals surface area (Å²) in [5, 5.41) is 0. The minimum Gasteiger partial charge on any atom is -0.335 e. The summed E-state index contributed by atoms with van der Waals surface area (Å²) in [5.41, 5.74) is 4.97. The summed E-state index contributed by atoms with van der Waals surface area (Å²) in [4.78, 5) is 38.8. The molecule has 0 radical (unpaired) electrons. The first-order chi connectivity index (χ1) is 15.7. The van der Waals surface area contributed by atoms with Crippen molar-refractivity contribution in [2.24, 2.45) is 4.99 Å². The van der Waals surface area contributed by atoms with Crippen LogP contribution < -0.4 is 0 Å². The number of nitrogens with zero attached hydrogens (tertiary/aromatic N) is 4. The van der Waals surface area contributed by atoms with Gasteiger partial charge in [-0.2, -0.15) is 0 Å². The highest BCUT2D eigenvalue weighted by Gasteiger charge is 2.25. The van der Waals surface area contributed by atoms with Gasteiger partial charge in [-0.1, -0.05) is 54.6 Å². The highest BCUT2D eigenvalue weighted by Crippen LogP contribution is 2.27. The van der Waals surface area contributed by atoms with E-state index in [1.165, 1.54) is 5.56 Å². The third kappa shape index (κ3) is 4.22. The van der Waals surface area contributed by atoms with Crippen molar-refractivity contribution in [3.05, 3.63) is 95.3 Å². The standard InChI is InChI=1S/C26H24N4O2/c31-25(19-7-2-1-3-8-19)18-29-13-15-30(16-14-29)26(32)23-12-6-11-22(28-23)24-17-20-9-4-5-10-21(20)27-24/h1-12H,13-18H2. The van der Waals surface area contributed by atoms with Gasteiger partial charge in [-0.3, -0.25) is 19.5 Å². The highest BCUT2D eigenvalue weighted by molar-refractivity contribution is 6.06. The zero-order valence-corrected chi connectivity index (χ0v) is 17.8. The Morgan fingerprint density at radius 3 is 2.34 bits per heavy atom. The number of fused-ring (bicyclic) bond motifs is 1. The lowest BCUT2D eigenvalue weighted by Gasteiger charge is -2.34. The molecule has 0 aliphatic carbocycles. The summed E-state index contributed by atoms with van der Waals surface area (Å²) in [5.74, 6) is 0.0371. The second-order valence-electron chi connectivity index (χ2n) is 8.13. The molecule has 32 heavy (non-hydrogen) atoms. The summed E-state index contributed by atoms with van der Waals surface area (Å²) in [7, 11) is 0. The van der Waals surface area contributed by atoms with Gasteiger partial charge < -0.3 is 4.90 Å². The molecule has 1 amide bonds. The molecule has 0 N–H and O–H groups in total. The fraction of sp³-hybridized carbons (Fsp3) is 0.231. The summed E-state index contributed by atoms with van der Waals surface area (Å²) in [6.07, 6.45) is 0.731. The molecular weight excluding hydrogens is 400 g/mol. The third-order valence-corrected chi connectivity index (χ3v) is 5.99. The normalized spacial score (nSPS) is 15.9. The maximum absolute atomic E-state index is 13.1. The molecule has 6 nitrogen and oxygen atoms in total. The van der Waals surface area contributed by atoms with Gasteiger partial charge in [0, 0.05) is 38.2 Å². The molecule has 2 aromatic carbocycles. The maximum atomic E-state index is 13.1. The van der Waals surface area contributed by atoms with Gasteiger partial charge >= 0.3 is 0 Å². The number of carbonyl (C=O) groups excluding carboxylic acids is 2. The van der Waals surface area contributed by atoms with E-state index in [0.29, 0.717) is 38.4 Å². The van der Waals surface area contributed by atoms with Gasteiger partial charge in [-0.25, -0.2) is 4.98 Å². The summed E-state index contributed by atoms with van der Waals surface area (Å²) in [6.45, 7) is 2.89. The van der Waals surface area contributed by atoms with Gasteiger partial charge in [0.15, 0.2) is 5.78 Å². The Kier molecular flexibility index (Phi) is 5.60. The number of ketones is 1. The van der Waals surface area contributed by atoms with Gasteiger partial charge in [-0.15, -0.1) is 0 Å². The number of aliphatic imine (C=N–C) groups is 1. The molecule has 0 spiro atoms. The fourth-order valence-electron chi connectivity index (χ4n) is 4.19. The quantitative estimate of drug-likeness (QED) is 0.589. The average molecular weight is 425 g/mol. The lowest BCUT2D eigenvalue weighted by atomic mass is 10.1. The van der Waals surface area contributed by atoms with E-state index in [4.69, 9.17) is 0 Å². The molecule has 1 fully saturated rings. The van der Waals surface area contributed by atoms with E-state index in [1.54, 1.807) is 6.07 Å². The second-order valence-corrected chi connectivity index (χ2v) is 8.13. The molecule has 6 heteroatoms. The van der Waals surface area contributed by atoms with Crippen LogP contribution in [0.1, 0.15) is 32.1 Å². The Morgan fingerprint density at radius 1 is 0.812 bits per heavy atom. The number of amides is 1. The number of piperazine rings is 1. The summed E-state index contributed by atoms with van der Waals surface area (Å²) >= 11 is 0. The van der Waals surface area contributed by atoms with Crippen molar-refractivity contribution in [1.29, 1.82) is 0 Å². The molecule has 3 aromatic rings. The van der Waals surface area contributed by atoms with Gasteiger partial charge in [0.05, 0.1) is 23.6 Å². The first-order valence-electron chi connectivity index (χ1n) is 10.9. The van der Waals surface area contributed by atoms with Crippen LogP contribution in [0.4, 0.5) is 5.69 Å². The second kappa shape index (κ2) is 8.85.